The molecule has 0 aromatic heterocycles. The van der Waals surface area contributed by atoms with Crippen LogP contribution in [0.4, 0.5) is 10.1 Å². The van der Waals surface area contributed by atoms with Crippen LogP contribution in [0.5, 0.6) is 0 Å². The van der Waals surface area contributed by atoms with Crippen LogP contribution in [0, 0.1) is 5.82 Å². The first kappa shape index (κ1) is 13.6. The number of carbonyl (C=O) groups is 1. The highest BCUT2D eigenvalue weighted by Crippen LogP contribution is 2.37. The molecule has 0 aliphatic carbocycles. The standard InChI is InChI=1S/C18H16FNO/c1-13(12-21)18-17-5-3-2-4-14(17)10-11-20(18)16-8-6-15(19)7-9-16/h2-9,12,18H,1,10-11H2/t18-/m0/s1. The van der Waals surface area contributed by atoms with E-state index in [-0.39, 0.29) is 11.9 Å². The molecular formula is C18H16FNO. The van der Waals surface area contributed by atoms with Gasteiger partial charge in [-0.25, -0.2) is 4.39 Å². The number of carbonyl (C=O) groups excluding carboxylic acids is 1. The molecule has 21 heavy (non-hydrogen) atoms. The molecule has 0 radical (unpaired) electrons. The van der Waals surface area contributed by atoms with Crippen molar-refractivity contribution in [1.29, 1.82) is 0 Å². The van der Waals surface area contributed by atoms with E-state index in [0.29, 0.717) is 5.57 Å². The monoisotopic (exact) mass is 281 g/mol. The summed E-state index contributed by atoms with van der Waals surface area (Å²) in [6, 6.07) is 14.3. The molecule has 106 valence electrons. The predicted molar refractivity (Wildman–Crippen MR) is 81.8 cm³/mol. The van der Waals surface area contributed by atoms with Crippen molar-refractivity contribution < 1.29 is 9.18 Å². The van der Waals surface area contributed by atoms with Crippen LogP contribution in [0.3, 0.4) is 0 Å². The lowest BCUT2D eigenvalue weighted by Crippen LogP contribution is -2.36. The number of nitrogens with zero attached hydrogens (tertiary/aromatic N) is 1. The van der Waals surface area contributed by atoms with Crippen LogP contribution < -0.4 is 4.90 Å². The number of aldehydes is 1. The van der Waals surface area contributed by atoms with Gasteiger partial charge in [-0.2, -0.15) is 0 Å². The van der Waals surface area contributed by atoms with E-state index in [1.807, 2.05) is 18.2 Å². The van der Waals surface area contributed by atoms with E-state index < -0.39 is 0 Å². The first-order chi connectivity index (χ1) is 10.2. The Labute approximate surface area is 123 Å². The first-order valence-electron chi connectivity index (χ1n) is 6.94. The van der Waals surface area contributed by atoms with Crippen LogP contribution >= 0.6 is 0 Å². The summed E-state index contributed by atoms with van der Waals surface area (Å²) in [7, 11) is 0. The Kier molecular flexibility index (Phi) is 3.57. The van der Waals surface area contributed by atoms with Crippen LogP contribution in [0.25, 0.3) is 0 Å². The number of rotatable bonds is 3. The van der Waals surface area contributed by atoms with Gasteiger partial charge in [0.05, 0.1) is 6.04 Å². The third kappa shape index (κ3) is 2.47. The molecule has 0 saturated heterocycles. The summed E-state index contributed by atoms with van der Waals surface area (Å²) in [6.07, 6.45) is 1.71. The van der Waals surface area contributed by atoms with Crippen molar-refractivity contribution in [3.8, 4) is 0 Å². The van der Waals surface area contributed by atoms with Gasteiger partial charge in [-0.1, -0.05) is 30.8 Å². The van der Waals surface area contributed by atoms with Gasteiger partial charge >= 0.3 is 0 Å². The molecule has 2 aromatic rings. The lowest BCUT2D eigenvalue weighted by Gasteiger charge is -2.39. The minimum Gasteiger partial charge on any atom is -0.360 e. The van der Waals surface area contributed by atoms with E-state index in [1.165, 1.54) is 17.7 Å². The van der Waals surface area contributed by atoms with E-state index in [9.17, 15) is 9.18 Å². The number of anilines is 1. The number of fused-ring (bicyclic) bond motifs is 1. The van der Waals surface area contributed by atoms with Gasteiger partial charge < -0.3 is 4.90 Å². The summed E-state index contributed by atoms with van der Waals surface area (Å²) in [6.45, 7) is 4.68. The highest BCUT2D eigenvalue weighted by Gasteiger charge is 2.29. The zero-order valence-electron chi connectivity index (χ0n) is 11.6. The predicted octanol–water partition coefficient (Wildman–Crippen LogP) is 3.68. The van der Waals surface area contributed by atoms with Gasteiger partial charge in [0.2, 0.25) is 0 Å². The summed E-state index contributed by atoms with van der Waals surface area (Å²) in [5, 5.41) is 0. The van der Waals surface area contributed by atoms with Crippen molar-refractivity contribution >= 4 is 12.0 Å². The molecule has 0 saturated carbocycles. The summed E-state index contributed by atoms with van der Waals surface area (Å²) >= 11 is 0. The van der Waals surface area contributed by atoms with Crippen LogP contribution in [0.2, 0.25) is 0 Å². The van der Waals surface area contributed by atoms with E-state index >= 15 is 0 Å². The SMILES string of the molecule is C=C(C=O)[C@H]1c2ccccc2CCN1c1ccc(F)cc1. The van der Waals surface area contributed by atoms with Crippen LogP contribution in [-0.4, -0.2) is 12.8 Å². The van der Waals surface area contributed by atoms with Crippen molar-refractivity contribution in [2.75, 3.05) is 11.4 Å². The van der Waals surface area contributed by atoms with Crippen molar-refractivity contribution in [3.63, 3.8) is 0 Å². The third-order valence-electron chi connectivity index (χ3n) is 3.94. The number of hydrogen-bond acceptors (Lipinski definition) is 2. The van der Waals surface area contributed by atoms with Gasteiger partial charge in [0.15, 0.2) is 0 Å². The minimum atomic E-state index is -0.262. The molecule has 2 aromatic carbocycles. The molecule has 0 bridgehead atoms. The fraction of sp³-hybridized carbons (Fsp3) is 0.167. The molecule has 0 N–H and O–H groups in total. The van der Waals surface area contributed by atoms with E-state index in [0.717, 1.165) is 30.5 Å². The first-order valence-corrected chi connectivity index (χ1v) is 6.94. The normalized spacial score (nSPS) is 17.2. The number of halogens is 1. The Morgan fingerprint density at radius 2 is 1.90 bits per heavy atom. The van der Waals surface area contributed by atoms with Crippen molar-refractivity contribution in [2.45, 2.75) is 12.5 Å². The molecule has 0 amide bonds. The quantitative estimate of drug-likeness (QED) is 0.632. The molecule has 1 aliphatic rings. The fourth-order valence-electron chi connectivity index (χ4n) is 2.94. The maximum absolute atomic E-state index is 13.1. The van der Waals surface area contributed by atoms with Crippen molar-refractivity contribution in [2.24, 2.45) is 0 Å². The lowest BCUT2D eigenvalue weighted by molar-refractivity contribution is -0.105. The molecular weight excluding hydrogens is 265 g/mol. The highest BCUT2D eigenvalue weighted by molar-refractivity contribution is 5.77. The average molecular weight is 281 g/mol. The molecule has 3 rings (SSSR count). The molecule has 0 unspecified atom stereocenters. The topological polar surface area (TPSA) is 20.3 Å². The van der Waals surface area contributed by atoms with Crippen molar-refractivity contribution in [3.05, 3.63) is 77.6 Å². The molecule has 2 nitrogen and oxygen atoms in total. The van der Waals surface area contributed by atoms with Gasteiger partial charge in [-0.3, -0.25) is 4.79 Å². The molecule has 0 fully saturated rings. The second kappa shape index (κ2) is 5.52. The fourth-order valence-corrected chi connectivity index (χ4v) is 2.94. The zero-order chi connectivity index (χ0) is 14.8. The van der Waals surface area contributed by atoms with Crippen LogP contribution in [-0.2, 0) is 11.2 Å². The van der Waals surface area contributed by atoms with Gasteiger partial charge in [0.25, 0.3) is 0 Å². The maximum atomic E-state index is 13.1. The second-order valence-corrected chi connectivity index (χ2v) is 5.21. The summed E-state index contributed by atoms with van der Waals surface area (Å²) in [5.41, 5.74) is 3.76. The van der Waals surface area contributed by atoms with Gasteiger partial charge in [-0.15, -0.1) is 0 Å². The Morgan fingerprint density at radius 1 is 1.19 bits per heavy atom. The number of hydrogen-bond donors (Lipinski definition) is 0. The Morgan fingerprint density at radius 3 is 2.62 bits per heavy atom. The maximum Gasteiger partial charge on any atom is 0.147 e. The Balaban J connectivity index is 2.06. The average Bonchev–Trinajstić information content (AvgIpc) is 2.54. The van der Waals surface area contributed by atoms with Crippen LogP contribution in [0.1, 0.15) is 17.2 Å². The smallest absolute Gasteiger partial charge is 0.147 e. The third-order valence-corrected chi connectivity index (χ3v) is 3.94. The second-order valence-electron chi connectivity index (χ2n) is 5.21. The molecule has 3 heteroatoms. The lowest BCUT2D eigenvalue weighted by atomic mass is 9.88. The van der Waals surface area contributed by atoms with E-state index in [1.54, 1.807) is 12.1 Å². The van der Waals surface area contributed by atoms with Crippen molar-refractivity contribution in [1.82, 2.24) is 0 Å². The van der Waals surface area contributed by atoms with E-state index in [2.05, 4.69) is 17.5 Å². The zero-order valence-corrected chi connectivity index (χ0v) is 11.6. The molecule has 1 aliphatic heterocycles. The van der Waals surface area contributed by atoms with Gasteiger partial charge in [-0.05, 0) is 41.8 Å². The summed E-state index contributed by atoms with van der Waals surface area (Å²) < 4.78 is 13.1. The molecule has 1 heterocycles. The minimum absolute atomic E-state index is 0.182. The molecule has 1 atom stereocenters. The summed E-state index contributed by atoms with van der Waals surface area (Å²) in [4.78, 5) is 13.4. The Hall–Kier alpha value is -2.42. The Bertz CT molecular complexity index is 678. The molecule has 0 spiro atoms. The van der Waals surface area contributed by atoms with Crippen LogP contribution in [0.15, 0.2) is 60.7 Å². The van der Waals surface area contributed by atoms with Gasteiger partial charge in [0, 0.05) is 17.8 Å². The van der Waals surface area contributed by atoms with Gasteiger partial charge in [0.1, 0.15) is 12.1 Å². The summed E-state index contributed by atoms with van der Waals surface area (Å²) in [5.74, 6) is -0.262. The largest absolute Gasteiger partial charge is 0.360 e. The highest BCUT2D eigenvalue weighted by atomic mass is 19.1. The number of benzene rings is 2. The van der Waals surface area contributed by atoms with E-state index in [4.69, 9.17) is 0 Å².